The zero-order valence-electron chi connectivity index (χ0n) is 11.7. The van der Waals surface area contributed by atoms with Gasteiger partial charge in [0.25, 0.3) is 5.91 Å². The number of hydrogen-bond donors (Lipinski definition) is 0. The van der Waals surface area contributed by atoms with Gasteiger partial charge in [-0.15, -0.1) is 0 Å². The van der Waals surface area contributed by atoms with Crippen LogP contribution < -0.4 is 0 Å². The van der Waals surface area contributed by atoms with E-state index >= 15 is 0 Å². The summed E-state index contributed by atoms with van der Waals surface area (Å²) in [4.78, 5) is 21.1. The number of likely N-dealkylation sites (N-methyl/N-ethyl adjacent to an activating group) is 1. The molecule has 1 atom stereocenters. The van der Waals surface area contributed by atoms with Crippen molar-refractivity contribution in [2.45, 2.75) is 6.04 Å². The summed E-state index contributed by atoms with van der Waals surface area (Å²) in [6.45, 7) is 2.33. The van der Waals surface area contributed by atoms with Gasteiger partial charge in [0, 0.05) is 44.5 Å². The Hall–Kier alpha value is -1.66. The van der Waals surface area contributed by atoms with Crippen LogP contribution in [0, 0.1) is 0 Å². The van der Waals surface area contributed by atoms with Crippen LogP contribution in [0.4, 0.5) is 0 Å². The van der Waals surface area contributed by atoms with E-state index in [-0.39, 0.29) is 11.9 Å². The molecule has 0 N–H and O–H groups in total. The molecule has 2 aromatic heterocycles. The lowest BCUT2D eigenvalue weighted by Gasteiger charge is -2.38. The highest BCUT2D eigenvalue weighted by Gasteiger charge is 2.31. The maximum Gasteiger partial charge on any atom is 0.254 e. The largest absolute Gasteiger partial charge is 0.337 e. The number of aromatic nitrogens is 2. The molecular weight excluding hydrogens is 272 g/mol. The first-order valence-electron chi connectivity index (χ1n) is 6.65. The first kappa shape index (κ1) is 13.3. The standard InChI is InChI=1S/C14H18N4OS/c1-16-6-7-18(14(19)11-3-8-20-10-11)9-12(16)13-15-4-5-17(13)2/h3-5,8,10,12H,6-7,9H2,1-2H3/t12-/m0/s1. The Balaban J connectivity index is 1.80. The number of hydrogen-bond acceptors (Lipinski definition) is 4. The van der Waals surface area contributed by atoms with Crippen LogP contribution in [0.15, 0.2) is 29.2 Å². The van der Waals surface area contributed by atoms with Gasteiger partial charge >= 0.3 is 0 Å². The third kappa shape index (κ3) is 2.36. The Morgan fingerprint density at radius 1 is 1.40 bits per heavy atom. The Kier molecular flexibility index (Phi) is 3.58. The van der Waals surface area contributed by atoms with Gasteiger partial charge in [-0.2, -0.15) is 11.3 Å². The zero-order valence-corrected chi connectivity index (χ0v) is 12.5. The molecule has 0 saturated carbocycles. The molecule has 1 saturated heterocycles. The monoisotopic (exact) mass is 290 g/mol. The molecular formula is C14H18N4OS. The van der Waals surface area contributed by atoms with E-state index in [1.165, 1.54) is 0 Å². The Morgan fingerprint density at radius 2 is 2.25 bits per heavy atom. The topological polar surface area (TPSA) is 41.4 Å². The van der Waals surface area contributed by atoms with Crippen molar-refractivity contribution in [3.63, 3.8) is 0 Å². The summed E-state index contributed by atoms with van der Waals surface area (Å²) in [5.41, 5.74) is 0.790. The van der Waals surface area contributed by atoms with E-state index in [1.54, 1.807) is 11.3 Å². The first-order chi connectivity index (χ1) is 9.66. The number of rotatable bonds is 2. The maximum absolute atomic E-state index is 12.5. The molecule has 0 unspecified atom stereocenters. The predicted octanol–water partition coefficient (Wildman–Crippen LogP) is 1.61. The highest BCUT2D eigenvalue weighted by molar-refractivity contribution is 7.08. The van der Waals surface area contributed by atoms with Crippen molar-refractivity contribution in [2.75, 3.05) is 26.7 Å². The van der Waals surface area contributed by atoms with Crippen molar-refractivity contribution in [2.24, 2.45) is 7.05 Å². The van der Waals surface area contributed by atoms with E-state index < -0.39 is 0 Å². The molecule has 3 rings (SSSR count). The second-order valence-corrected chi connectivity index (χ2v) is 5.94. The van der Waals surface area contributed by atoms with E-state index in [0.29, 0.717) is 6.54 Å². The minimum Gasteiger partial charge on any atom is -0.337 e. The number of amides is 1. The van der Waals surface area contributed by atoms with E-state index in [1.807, 2.05) is 45.7 Å². The first-order valence-corrected chi connectivity index (χ1v) is 7.60. The lowest BCUT2D eigenvalue weighted by atomic mass is 10.1. The minimum absolute atomic E-state index is 0.124. The number of imidazole rings is 1. The summed E-state index contributed by atoms with van der Waals surface area (Å²) in [6, 6.07) is 2.05. The molecule has 0 radical (unpaired) electrons. The molecule has 2 aromatic rings. The number of aryl methyl sites for hydroxylation is 1. The van der Waals surface area contributed by atoms with Crippen LogP contribution in [0.3, 0.4) is 0 Å². The zero-order chi connectivity index (χ0) is 14.1. The number of piperazine rings is 1. The van der Waals surface area contributed by atoms with E-state index in [9.17, 15) is 4.79 Å². The molecule has 1 fully saturated rings. The van der Waals surface area contributed by atoms with Crippen LogP contribution >= 0.6 is 11.3 Å². The molecule has 106 valence electrons. The van der Waals surface area contributed by atoms with Crippen LogP contribution in [0.25, 0.3) is 0 Å². The molecule has 3 heterocycles. The van der Waals surface area contributed by atoms with Crippen molar-refractivity contribution in [1.82, 2.24) is 19.4 Å². The summed E-state index contributed by atoms with van der Waals surface area (Å²) in [5, 5.41) is 3.86. The third-order valence-corrected chi connectivity index (χ3v) is 4.54. The minimum atomic E-state index is 0.124. The van der Waals surface area contributed by atoms with Crippen molar-refractivity contribution in [1.29, 1.82) is 0 Å². The third-order valence-electron chi connectivity index (χ3n) is 3.86. The fourth-order valence-electron chi connectivity index (χ4n) is 2.60. The highest BCUT2D eigenvalue weighted by atomic mass is 32.1. The van der Waals surface area contributed by atoms with Gasteiger partial charge in [0.1, 0.15) is 5.82 Å². The Bertz CT molecular complexity index is 592. The van der Waals surface area contributed by atoms with E-state index in [0.717, 1.165) is 24.5 Å². The van der Waals surface area contributed by atoms with Gasteiger partial charge in [-0.05, 0) is 18.5 Å². The second kappa shape index (κ2) is 5.38. The summed E-state index contributed by atoms with van der Waals surface area (Å²) in [7, 11) is 4.08. The Morgan fingerprint density at radius 3 is 2.90 bits per heavy atom. The van der Waals surface area contributed by atoms with Gasteiger partial charge in [-0.25, -0.2) is 4.98 Å². The fraction of sp³-hybridized carbons (Fsp3) is 0.429. The normalized spacial score (nSPS) is 20.3. The quantitative estimate of drug-likeness (QED) is 0.844. The molecule has 5 nitrogen and oxygen atoms in total. The van der Waals surface area contributed by atoms with Crippen LogP contribution in [-0.2, 0) is 7.05 Å². The molecule has 0 aromatic carbocycles. The van der Waals surface area contributed by atoms with Crippen LogP contribution in [0.2, 0.25) is 0 Å². The SMILES string of the molecule is CN1CCN(C(=O)c2ccsc2)C[C@H]1c1nccn1C. The van der Waals surface area contributed by atoms with Crippen molar-refractivity contribution >= 4 is 17.2 Å². The van der Waals surface area contributed by atoms with Gasteiger partial charge in [-0.3, -0.25) is 9.69 Å². The van der Waals surface area contributed by atoms with Crippen molar-refractivity contribution in [3.8, 4) is 0 Å². The lowest BCUT2D eigenvalue weighted by Crippen LogP contribution is -2.49. The summed E-state index contributed by atoms with van der Waals surface area (Å²) in [6.07, 6.45) is 3.76. The van der Waals surface area contributed by atoms with Gasteiger partial charge in [0.2, 0.25) is 0 Å². The molecule has 1 amide bonds. The fourth-order valence-corrected chi connectivity index (χ4v) is 3.23. The van der Waals surface area contributed by atoms with Gasteiger partial charge < -0.3 is 9.47 Å². The summed E-state index contributed by atoms with van der Waals surface area (Å²) >= 11 is 1.56. The van der Waals surface area contributed by atoms with Crippen molar-refractivity contribution < 1.29 is 4.79 Å². The summed E-state index contributed by atoms with van der Waals surface area (Å²) in [5.74, 6) is 1.13. The number of thiophene rings is 1. The maximum atomic E-state index is 12.5. The summed E-state index contributed by atoms with van der Waals surface area (Å²) < 4.78 is 2.03. The molecule has 0 spiro atoms. The van der Waals surface area contributed by atoms with Crippen LogP contribution in [0.5, 0.6) is 0 Å². The van der Waals surface area contributed by atoms with Crippen LogP contribution in [0.1, 0.15) is 22.2 Å². The molecule has 1 aliphatic rings. The number of nitrogens with zero attached hydrogens (tertiary/aromatic N) is 4. The lowest BCUT2D eigenvalue weighted by molar-refractivity contribution is 0.0529. The predicted molar refractivity (Wildman–Crippen MR) is 78.8 cm³/mol. The van der Waals surface area contributed by atoms with Crippen LogP contribution in [-0.4, -0.2) is 51.9 Å². The Labute approximate surface area is 122 Å². The van der Waals surface area contributed by atoms with Gasteiger partial charge in [0.05, 0.1) is 11.6 Å². The van der Waals surface area contributed by atoms with Gasteiger partial charge in [0.15, 0.2) is 0 Å². The molecule has 1 aliphatic heterocycles. The average Bonchev–Trinajstić information content (AvgIpc) is 3.10. The average molecular weight is 290 g/mol. The van der Waals surface area contributed by atoms with Crippen molar-refractivity contribution in [3.05, 3.63) is 40.6 Å². The molecule has 6 heteroatoms. The number of carbonyl (C=O) groups excluding carboxylic acids is 1. The molecule has 20 heavy (non-hydrogen) atoms. The van der Waals surface area contributed by atoms with E-state index in [4.69, 9.17) is 0 Å². The molecule has 0 bridgehead atoms. The molecule has 0 aliphatic carbocycles. The smallest absolute Gasteiger partial charge is 0.254 e. The number of carbonyl (C=O) groups is 1. The van der Waals surface area contributed by atoms with E-state index in [2.05, 4.69) is 16.9 Å². The second-order valence-electron chi connectivity index (χ2n) is 5.16. The van der Waals surface area contributed by atoms with Gasteiger partial charge in [-0.1, -0.05) is 0 Å². The highest BCUT2D eigenvalue weighted by Crippen LogP contribution is 2.23.